The molecule has 118 valence electrons. The molecule has 1 aromatic rings. The zero-order valence-corrected chi connectivity index (χ0v) is 13.5. The number of likely N-dealkylation sites (N-methyl/N-ethyl adjacent to an activating group) is 1. The van der Waals surface area contributed by atoms with E-state index < -0.39 is 0 Å². The van der Waals surface area contributed by atoms with E-state index in [1.807, 2.05) is 0 Å². The maximum absolute atomic E-state index is 5.60. The summed E-state index contributed by atoms with van der Waals surface area (Å²) in [6.45, 7) is 5.34. The molecule has 3 nitrogen and oxygen atoms in total. The minimum atomic E-state index is 0.497. The average Bonchev–Trinajstić information content (AvgIpc) is 2.94. The number of benzene rings is 1. The van der Waals surface area contributed by atoms with Crippen LogP contribution in [-0.4, -0.2) is 39.5 Å². The Balaban J connectivity index is 1.81. The van der Waals surface area contributed by atoms with Crippen LogP contribution in [-0.2, 0) is 28.7 Å². The highest BCUT2D eigenvalue weighted by Gasteiger charge is 2.13. The van der Waals surface area contributed by atoms with Crippen molar-refractivity contribution in [2.24, 2.45) is 0 Å². The third kappa shape index (κ3) is 5.42. The van der Waals surface area contributed by atoms with Gasteiger partial charge in [-0.3, -0.25) is 0 Å². The molecule has 0 saturated heterocycles. The maximum Gasteiger partial charge on any atom is 0.0700 e. The molecule has 0 aromatic heterocycles. The van der Waals surface area contributed by atoms with Gasteiger partial charge in [0.25, 0.3) is 0 Å². The Bertz CT molecular complexity index is 420. The van der Waals surface area contributed by atoms with Crippen LogP contribution >= 0.6 is 0 Å². The van der Waals surface area contributed by atoms with Crippen LogP contribution in [0.3, 0.4) is 0 Å². The van der Waals surface area contributed by atoms with Gasteiger partial charge in [-0.1, -0.05) is 25.1 Å². The van der Waals surface area contributed by atoms with Gasteiger partial charge in [-0.2, -0.15) is 0 Å². The van der Waals surface area contributed by atoms with Crippen molar-refractivity contribution >= 4 is 0 Å². The molecule has 0 fully saturated rings. The van der Waals surface area contributed by atoms with Crippen LogP contribution < -0.4 is 5.32 Å². The second-order valence-corrected chi connectivity index (χ2v) is 5.81. The second kappa shape index (κ2) is 9.19. The summed E-state index contributed by atoms with van der Waals surface area (Å²) in [6.07, 6.45) is 5.99. The lowest BCUT2D eigenvalue weighted by molar-refractivity contribution is 0.0659. The van der Waals surface area contributed by atoms with Gasteiger partial charge in [0.2, 0.25) is 0 Å². The van der Waals surface area contributed by atoms with E-state index in [9.17, 15) is 0 Å². The second-order valence-electron chi connectivity index (χ2n) is 5.81. The van der Waals surface area contributed by atoms with Crippen LogP contribution in [0.5, 0.6) is 0 Å². The van der Waals surface area contributed by atoms with E-state index in [1.165, 1.54) is 24.8 Å². The minimum Gasteiger partial charge on any atom is -0.382 e. The number of hydrogen-bond acceptors (Lipinski definition) is 3. The normalized spacial score (nSPS) is 15.1. The van der Waals surface area contributed by atoms with E-state index in [4.69, 9.17) is 9.47 Å². The summed E-state index contributed by atoms with van der Waals surface area (Å²) in [6, 6.07) is 7.55. The van der Waals surface area contributed by atoms with E-state index >= 15 is 0 Å². The van der Waals surface area contributed by atoms with E-state index in [1.54, 1.807) is 18.2 Å². The molecule has 0 amide bonds. The van der Waals surface area contributed by atoms with Gasteiger partial charge in [0.05, 0.1) is 13.2 Å². The summed E-state index contributed by atoms with van der Waals surface area (Å²) < 4.78 is 10.6. The van der Waals surface area contributed by atoms with Crippen molar-refractivity contribution in [3.63, 3.8) is 0 Å². The third-order valence-electron chi connectivity index (χ3n) is 4.18. The molecule has 0 heterocycles. The summed E-state index contributed by atoms with van der Waals surface area (Å²) in [5.74, 6) is 0. The lowest BCUT2D eigenvalue weighted by atomic mass is 9.99. The van der Waals surface area contributed by atoms with Gasteiger partial charge >= 0.3 is 0 Å². The molecule has 1 aromatic carbocycles. The first-order valence-corrected chi connectivity index (χ1v) is 8.24. The van der Waals surface area contributed by atoms with Crippen LogP contribution in [0, 0.1) is 0 Å². The monoisotopic (exact) mass is 291 g/mol. The molecule has 0 bridgehead atoms. The number of nitrogens with one attached hydrogen (secondary N) is 1. The van der Waals surface area contributed by atoms with Crippen molar-refractivity contribution in [1.29, 1.82) is 0 Å². The standard InChI is InChI=1S/C18H29NO2/c1-3-19-18(9-10-21-12-11-20-2)14-15-7-8-16-5-4-6-17(16)13-15/h7-8,13,18-19H,3-6,9-12,14H2,1-2H3. The molecule has 3 heteroatoms. The first-order chi connectivity index (χ1) is 10.3. The fourth-order valence-electron chi connectivity index (χ4n) is 3.07. The zero-order valence-electron chi connectivity index (χ0n) is 13.5. The van der Waals surface area contributed by atoms with Gasteiger partial charge in [0.15, 0.2) is 0 Å². The maximum atomic E-state index is 5.60. The highest BCUT2D eigenvalue weighted by molar-refractivity contribution is 5.35. The molecule has 0 spiro atoms. The Hall–Kier alpha value is -0.900. The molecule has 1 unspecified atom stereocenters. The van der Waals surface area contributed by atoms with Crippen LogP contribution in [0.15, 0.2) is 18.2 Å². The molecule has 2 rings (SSSR count). The SMILES string of the molecule is CCNC(CCOCCOC)Cc1ccc2c(c1)CCC2. The van der Waals surface area contributed by atoms with E-state index in [-0.39, 0.29) is 0 Å². The molecule has 0 aliphatic heterocycles. The summed E-state index contributed by atoms with van der Waals surface area (Å²) >= 11 is 0. The van der Waals surface area contributed by atoms with Crippen molar-refractivity contribution in [2.75, 3.05) is 33.5 Å². The molecule has 1 N–H and O–H groups in total. The van der Waals surface area contributed by atoms with Gasteiger partial charge in [0.1, 0.15) is 0 Å². The summed E-state index contributed by atoms with van der Waals surface area (Å²) in [5, 5.41) is 3.58. The van der Waals surface area contributed by atoms with E-state index in [2.05, 4.69) is 30.4 Å². The number of rotatable bonds is 10. The molecule has 0 saturated carbocycles. The Morgan fingerprint density at radius 3 is 2.81 bits per heavy atom. The fourth-order valence-corrected chi connectivity index (χ4v) is 3.07. The zero-order chi connectivity index (χ0) is 14.9. The lowest BCUT2D eigenvalue weighted by Gasteiger charge is -2.18. The molecule has 0 radical (unpaired) electrons. The van der Waals surface area contributed by atoms with Crippen molar-refractivity contribution in [2.45, 2.75) is 45.1 Å². The number of ether oxygens (including phenoxy) is 2. The number of aryl methyl sites for hydroxylation is 2. The molecule has 21 heavy (non-hydrogen) atoms. The smallest absolute Gasteiger partial charge is 0.0700 e. The lowest BCUT2D eigenvalue weighted by Crippen LogP contribution is -2.32. The Kier molecular flexibility index (Phi) is 7.20. The van der Waals surface area contributed by atoms with Crippen molar-refractivity contribution in [3.8, 4) is 0 Å². The van der Waals surface area contributed by atoms with Crippen LogP contribution in [0.1, 0.15) is 36.5 Å². The molecular weight excluding hydrogens is 262 g/mol. The average molecular weight is 291 g/mol. The predicted octanol–water partition coefficient (Wildman–Crippen LogP) is 2.75. The predicted molar refractivity (Wildman–Crippen MR) is 86.9 cm³/mol. The minimum absolute atomic E-state index is 0.497. The van der Waals surface area contributed by atoms with Gasteiger partial charge in [-0.25, -0.2) is 0 Å². The van der Waals surface area contributed by atoms with Gasteiger partial charge in [-0.05, 0) is 55.3 Å². The summed E-state index contributed by atoms with van der Waals surface area (Å²) in [7, 11) is 1.71. The van der Waals surface area contributed by atoms with Crippen molar-refractivity contribution in [1.82, 2.24) is 5.32 Å². The van der Waals surface area contributed by atoms with E-state index in [0.717, 1.165) is 26.0 Å². The third-order valence-corrected chi connectivity index (χ3v) is 4.18. The first kappa shape index (κ1) is 16.5. The Labute approximate surface area is 129 Å². The fraction of sp³-hybridized carbons (Fsp3) is 0.667. The van der Waals surface area contributed by atoms with E-state index in [0.29, 0.717) is 19.3 Å². The molecule has 1 aliphatic carbocycles. The molecule has 1 aliphatic rings. The summed E-state index contributed by atoms with van der Waals surface area (Å²) in [5.41, 5.74) is 4.58. The first-order valence-electron chi connectivity index (χ1n) is 8.24. The molecule has 1 atom stereocenters. The number of methoxy groups -OCH3 is 1. The van der Waals surface area contributed by atoms with Gasteiger partial charge in [-0.15, -0.1) is 0 Å². The van der Waals surface area contributed by atoms with Gasteiger partial charge in [0, 0.05) is 19.8 Å². The van der Waals surface area contributed by atoms with Crippen molar-refractivity contribution < 1.29 is 9.47 Å². The van der Waals surface area contributed by atoms with Crippen LogP contribution in [0.4, 0.5) is 0 Å². The van der Waals surface area contributed by atoms with Crippen molar-refractivity contribution in [3.05, 3.63) is 34.9 Å². The summed E-state index contributed by atoms with van der Waals surface area (Å²) in [4.78, 5) is 0. The number of fused-ring (bicyclic) bond motifs is 1. The number of hydrogen-bond donors (Lipinski definition) is 1. The largest absolute Gasteiger partial charge is 0.382 e. The Morgan fingerprint density at radius 1 is 1.14 bits per heavy atom. The van der Waals surface area contributed by atoms with Crippen LogP contribution in [0.2, 0.25) is 0 Å². The highest BCUT2D eigenvalue weighted by atomic mass is 16.5. The Morgan fingerprint density at radius 2 is 2.00 bits per heavy atom. The van der Waals surface area contributed by atoms with Gasteiger partial charge < -0.3 is 14.8 Å². The topological polar surface area (TPSA) is 30.5 Å². The van der Waals surface area contributed by atoms with Crippen LogP contribution in [0.25, 0.3) is 0 Å². The highest BCUT2D eigenvalue weighted by Crippen LogP contribution is 2.23. The molecular formula is C18H29NO2. The quantitative estimate of drug-likeness (QED) is 0.672.